The minimum absolute atomic E-state index is 0.0232. The first-order valence-corrected chi connectivity index (χ1v) is 5.88. The Morgan fingerprint density at radius 2 is 2.41 bits per heavy atom. The van der Waals surface area contributed by atoms with Crippen LogP contribution in [0.1, 0.15) is 12.6 Å². The lowest BCUT2D eigenvalue weighted by Crippen LogP contribution is -2.58. The second-order valence-electron chi connectivity index (χ2n) is 4.47. The van der Waals surface area contributed by atoms with E-state index < -0.39 is 0 Å². The number of nitrogens with zero attached hydrogens (tertiary/aromatic N) is 2. The summed E-state index contributed by atoms with van der Waals surface area (Å²) < 4.78 is 1.73. The molecule has 1 aliphatic heterocycles. The molecule has 2 atom stereocenters. The molecule has 3 N–H and O–H groups in total. The second-order valence-corrected chi connectivity index (χ2v) is 4.47. The molecule has 2 unspecified atom stereocenters. The molecule has 1 fully saturated rings. The first-order chi connectivity index (χ1) is 8.15. The normalized spacial score (nSPS) is 24.6. The van der Waals surface area contributed by atoms with Gasteiger partial charge in [0.15, 0.2) is 0 Å². The maximum Gasteiger partial charge on any atom is 0.238 e. The fourth-order valence-electron chi connectivity index (χ4n) is 1.83. The van der Waals surface area contributed by atoms with Crippen molar-refractivity contribution in [3.8, 4) is 0 Å². The highest BCUT2D eigenvalue weighted by Crippen LogP contribution is 1.96. The molecule has 1 aromatic rings. The average molecular weight is 237 g/mol. The van der Waals surface area contributed by atoms with Gasteiger partial charge in [-0.1, -0.05) is 0 Å². The molecule has 0 radical (unpaired) electrons. The van der Waals surface area contributed by atoms with E-state index in [1.807, 2.05) is 19.3 Å². The molecule has 2 rings (SSSR count). The van der Waals surface area contributed by atoms with E-state index in [4.69, 9.17) is 0 Å². The van der Waals surface area contributed by atoms with Crippen LogP contribution in [-0.4, -0.2) is 40.9 Å². The Morgan fingerprint density at radius 1 is 1.59 bits per heavy atom. The number of nitrogens with one attached hydrogen (secondary N) is 3. The minimum Gasteiger partial charge on any atom is -0.349 e. The maximum absolute atomic E-state index is 11.8. The van der Waals surface area contributed by atoms with E-state index in [-0.39, 0.29) is 11.9 Å². The molecule has 6 nitrogen and oxygen atoms in total. The Morgan fingerprint density at radius 3 is 3.00 bits per heavy atom. The first kappa shape index (κ1) is 12.1. The van der Waals surface area contributed by atoms with Crippen LogP contribution < -0.4 is 16.0 Å². The lowest BCUT2D eigenvalue weighted by atomic mass is 10.1. The van der Waals surface area contributed by atoms with Gasteiger partial charge in [0.2, 0.25) is 5.91 Å². The lowest BCUT2D eigenvalue weighted by Gasteiger charge is -2.28. The lowest BCUT2D eigenvalue weighted by molar-refractivity contribution is -0.123. The Balaban J connectivity index is 1.77. The smallest absolute Gasteiger partial charge is 0.238 e. The molecular weight excluding hydrogens is 218 g/mol. The van der Waals surface area contributed by atoms with Gasteiger partial charge in [-0.15, -0.1) is 0 Å². The number of amides is 1. The van der Waals surface area contributed by atoms with E-state index in [0.717, 1.165) is 12.2 Å². The van der Waals surface area contributed by atoms with Crippen LogP contribution in [0, 0.1) is 0 Å². The fourth-order valence-corrected chi connectivity index (χ4v) is 1.83. The Hall–Kier alpha value is -1.40. The van der Waals surface area contributed by atoms with Crippen molar-refractivity contribution < 1.29 is 4.79 Å². The largest absolute Gasteiger partial charge is 0.349 e. The van der Waals surface area contributed by atoms with E-state index in [2.05, 4.69) is 28.0 Å². The molecule has 6 heteroatoms. The number of carbonyl (C=O) groups excluding carboxylic acids is 1. The Bertz CT molecular complexity index is 381. The average Bonchev–Trinajstić information content (AvgIpc) is 2.73. The Labute approximate surface area is 101 Å². The van der Waals surface area contributed by atoms with E-state index in [0.29, 0.717) is 19.1 Å². The zero-order chi connectivity index (χ0) is 12.3. The number of aromatic nitrogens is 2. The van der Waals surface area contributed by atoms with Gasteiger partial charge in [0.1, 0.15) is 0 Å². The molecule has 0 bridgehead atoms. The van der Waals surface area contributed by atoms with Gasteiger partial charge in [-0.05, 0) is 13.0 Å². The molecule has 94 valence electrons. The van der Waals surface area contributed by atoms with Gasteiger partial charge in [0, 0.05) is 32.4 Å². The van der Waals surface area contributed by atoms with Crippen molar-refractivity contribution in [2.24, 2.45) is 7.05 Å². The molecule has 17 heavy (non-hydrogen) atoms. The zero-order valence-corrected chi connectivity index (χ0v) is 10.2. The quantitative estimate of drug-likeness (QED) is 0.630. The summed E-state index contributed by atoms with van der Waals surface area (Å²) in [5, 5.41) is 13.6. The standard InChI is InChI=1S/C11H19N5O/c1-8-5-13-10(7-12-8)11(17)14-6-9-3-4-16(2)15-9/h3-4,8,10,12-13H,5-7H2,1-2H3,(H,14,17). The van der Waals surface area contributed by atoms with Crippen molar-refractivity contribution in [3.05, 3.63) is 18.0 Å². The van der Waals surface area contributed by atoms with Crippen molar-refractivity contribution in [1.29, 1.82) is 0 Å². The van der Waals surface area contributed by atoms with Crippen molar-refractivity contribution >= 4 is 5.91 Å². The van der Waals surface area contributed by atoms with Crippen LogP contribution in [0.2, 0.25) is 0 Å². The van der Waals surface area contributed by atoms with Crippen LogP contribution in [0.25, 0.3) is 0 Å². The van der Waals surface area contributed by atoms with Crippen molar-refractivity contribution in [2.45, 2.75) is 25.6 Å². The summed E-state index contributed by atoms with van der Waals surface area (Å²) >= 11 is 0. The van der Waals surface area contributed by atoms with Gasteiger partial charge in [0.25, 0.3) is 0 Å². The summed E-state index contributed by atoms with van der Waals surface area (Å²) in [6.45, 7) is 4.07. The topological polar surface area (TPSA) is 71.0 Å². The van der Waals surface area contributed by atoms with Crippen LogP contribution in [0.3, 0.4) is 0 Å². The third-order valence-corrected chi connectivity index (χ3v) is 2.87. The van der Waals surface area contributed by atoms with Gasteiger partial charge >= 0.3 is 0 Å². The van der Waals surface area contributed by atoms with Crippen LogP contribution in [0.5, 0.6) is 0 Å². The third kappa shape index (κ3) is 3.28. The number of hydrogen-bond acceptors (Lipinski definition) is 4. The Kier molecular flexibility index (Phi) is 3.75. The van der Waals surface area contributed by atoms with Crippen molar-refractivity contribution in [1.82, 2.24) is 25.7 Å². The van der Waals surface area contributed by atoms with Gasteiger partial charge in [0.05, 0.1) is 18.3 Å². The van der Waals surface area contributed by atoms with Crippen LogP contribution in [0.4, 0.5) is 0 Å². The molecule has 0 aliphatic carbocycles. The molecule has 0 spiro atoms. The van der Waals surface area contributed by atoms with Gasteiger partial charge in [-0.2, -0.15) is 5.10 Å². The molecule has 1 saturated heterocycles. The van der Waals surface area contributed by atoms with E-state index in [9.17, 15) is 4.79 Å². The minimum atomic E-state index is -0.144. The third-order valence-electron chi connectivity index (χ3n) is 2.87. The predicted molar refractivity (Wildman–Crippen MR) is 64.3 cm³/mol. The summed E-state index contributed by atoms with van der Waals surface area (Å²) in [6.07, 6.45) is 1.86. The SMILES string of the molecule is CC1CNC(C(=O)NCc2ccn(C)n2)CN1. The molecular formula is C11H19N5O. The second kappa shape index (κ2) is 5.29. The van der Waals surface area contributed by atoms with Crippen LogP contribution >= 0.6 is 0 Å². The number of carbonyl (C=O) groups is 1. The van der Waals surface area contributed by atoms with E-state index in [1.165, 1.54) is 0 Å². The fraction of sp³-hybridized carbons (Fsp3) is 0.636. The van der Waals surface area contributed by atoms with Crippen LogP contribution in [0.15, 0.2) is 12.3 Å². The monoisotopic (exact) mass is 237 g/mol. The summed E-state index contributed by atoms with van der Waals surface area (Å²) in [5.74, 6) is 0.0232. The van der Waals surface area contributed by atoms with Crippen molar-refractivity contribution in [3.63, 3.8) is 0 Å². The van der Waals surface area contributed by atoms with Gasteiger partial charge < -0.3 is 16.0 Å². The number of aryl methyl sites for hydroxylation is 1. The molecule has 0 saturated carbocycles. The summed E-state index contributed by atoms with van der Waals surface area (Å²) in [4.78, 5) is 11.8. The van der Waals surface area contributed by atoms with E-state index in [1.54, 1.807) is 4.68 Å². The number of rotatable bonds is 3. The highest BCUT2D eigenvalue weighted by Gasteiger charge is 2.22. The molecule has 2 heterocycles. The number of piperazine rings is 1. The summed E-state index contributed by atoms with van der Waals surface area (Å²) in [5.41, 5.74) is 0.873. The molecule has 0 aromatic carbocycles. The summed E-state index contributed by atoms with van der Waals surface area (Å²) in [7, 11) is 1.86. The van der Waals surface area contributed by atoms with Gasteiger partial charge in [-0.3, -0.25) is 9.48 Å². The van der Waals surface area contributed by atoms with Gasteiger partial charge in [-0.25, -0.2) is 0 Å². The van der Waals surface area contributed by atoms with Crippen LogP contribution in [-0.2, 0) is 18.4 Å². The highest BCUT2D eigenvalue weighted by molar-refractivity contribution is 5.82. The zero-order valence-electron chi connectivity index (χ0n) is 10.2. The highest BCUT2D eigenvalue weighted by atomic mass is 16.2. The predicted octanol–water partition coefficient (Wildman–Crippen LogP) is -1.01. The van der Waals surface area contributed by atoms with Crippen molar-refractivity contribution in [2.75, 3.05) is 13.1 Å². The molecule has 1 aromatic heterocycles. The molecule has 1 amide bonds. The molecule has 1 aliphatic rings. The summed E-state index contributed by atoms with van der Waals surface area (Å²) in [6, 6.07) is 2.18. The van der Waals surface area contributed by atoms with E-state index >= 15 is 0 Å². The number of hydrogen-bond donors (Lipinski definition) is 3. The first-order valence-electron chi connectivity index (χ1n) is 5.88. The maximum atomic E-state index is 11.8.